The molecule has 4 nitrogen and oxygen atoms in total. The third-order valence-electron chi connectivity index (χ3n) is 3.56. The lowest BCUT2D eigenvalue weighted by Crippen LogP contribution is -2.57. The molecule has 1 amide bonds. The predicted molar refractivity (Wildman–Crippen MR) is 91.9 cm³/mol. The smallest absolute Gasteiger partial charge is 0.260 e. The van der Waals surface area contributed by atoms with Crippen molar-refractivity contribution in [2.24, 2.45) is 0 Å². The van der Waals surface area contributed by atoms with Crippen LogP contribution in [0.25, 0.3) is 6.08 Å². The summed E-state index contributed by atoms with van der Waals surface area (Å²) in [6.07, 6.45) is 4.34. The van der Waals surface area contributed by atoms with Crippen LogP contribution in [-0.4, -0.2) is 45.2 Å². The number of aliphatic hydroxyl groups excluding tert-OH is 1. The van der Waals surface area contributed by atoms with Crippen molar-refractivity contribution in [1.82, 2.24) is 9.80 Å². The number of carbonyl (C=O) groups is 1. The molecule has 116 valence electrons. The van der Waals surface area contributed by atoms with Crippen LogP contribution in [0, 0.1) is 0 Å². The standard InChI is InChI=1S/C17H20N2O2S/c1-3-18-15(20)14(16(21)19(4-2)17(18)22)12-8-11-13-9-6-5-7-10-13/h5-12,15,20H,3-4H2,1-2H3/b11-8+,14-12+. The van der Waals surface area contributed by atoms with E-state index in [0.29, 0.717) is 23.8 Å². The van der Waals surface area contributed by atoms with Gasteiger partial charge in [-0.3, -0.25) is 9.69 Å². The van der Waals surface area contributed by atoms with Gasteiger partial charge in [0.15, 0.2) is 11.3 Å². The highest BCUT2D eigenvalue weighted by molar-refractivity contribution is 7.80. The van der Waals surface area contributed by atoms with Crippen LogP contribution in [0.2, 0.25) is 0 Å². The highest BCUT2D eigenvalue weighted by Crippen LogP contribution is 2.21. The zero-order valence-corrected chi connectivity index (χ0v) is 13.6. The van der Waals surface area contributed by atoms with Crippen LogP contribution >= 0.6 is 12.2 Å². The predicted octanol–water partition coefficient (Wildman–Crippen LogP) is 2.41. The number of rotatable bonds is 4. The van der Waals surface area contributed by atoms with E-state index in [9.17, 15) is 9.90 Å². The molecule has 0 aliphatic carbocycles. The Balaban J connectivity index is 2.27. The van der Waals surface area contributed by atoms with Gasteiger partial charge in [0, 0.05) is 13.1 Å². The molecule has 2 rings (SSSR count). The van der Waals surface area contributed by atoms with Crippen LogP contribution in [0.3, 0.4) is 0 Å². The van der Waals surface area contributed by atoms with Gasteiger partial charge in [-0.15, -0.1) is 0 Å². The Labute approximate surface area is 136 Å². The van der Waals surface area contributed by atoms with Crippen LogP contribution in [0.1, 0.15) is 19.4 Å². The van der Waals surface area contributed by atoms with Crippen molar-refractivity contribution in [2.45, 2.75) is 20.1 Å². The Morgan fingerprint density at radius 1 is 1.23 bits per heavy atom. The van der Waals surface area contributed by atoms with Crippen molar-refractivity contribution in [3.8, 4) is 0 Å². The number of hydrogen-bond acceptors (Lipinski definition) is 3. The Hall–Kier alpha value is -1.98. The summed E-state index contributed by atoms with van der Waals surface area (Å²) in [4.78, 5) is 15.6. The summed E-state index contributed by atoms with van der Waals surface area (Å²) in [6.45, 7) is 4.80. The fourth-order valence-corrected chi connectivity index (χ4v) is 2.79. The largest absolute Gasteiger partial charge is 0.369 e. The average Bonchev–Trinajstić information content (AvgIpc) is 2.52. The molecule has 0 saturated carbocycles. The maximum Gasteiger partial charge on any atom is 0.260 e. The van der Waals surface area contributed by atoms with Crippen molar-refractivity contribution < 1.29 is 9.90 Å². The zero-order valence-electron chi connectivity index (χ0n) is 12.8. The minimum absolute atomic E-state index is 0.234. The van der Waals surface area contributed by atoms with Gasteiger partial charge in [0.1, 0.15) is 0 Å². The molecule has 22 heavy (non-hydrogen) atoms. The van der Waals surface area contributed by atoms with Gasteiger partial charge in [0.2, 0.25) is 0 Å². The van der Waals surface area contributed by atoms with E-state index in [1.165, 1.54) is 4.90 Å². The molecule has 1 saturated heterocycles. The highest BCUT2D eigenvalue weighted by atomic mass is 32.1. The van der Waals surface area contributed by atoms with Gasteiger partial charge in [-0.25, -0.2) is 0 Å². The number of nitrogens with zero attached hydrogens (tertiary/aromatic N) is 2. The lowest BCUT2D eigenvalue weighted by Gasteiger charge is -2.40. The van der Waals surface area contributed by atoms with Crippen molar-refractivity contribution in [3.63, 3.8) is 0 Å². The van der Waals surface area contributed by atoms with E-state index >= 15 is 0 Å². The molecule has 1 N–H and O–H groups in total. The summed E-state index contributed by atoms with van der Waals surface area (Å²) in [5.41, 5.74) is 1.37. The summed E-state index contributed by atoms with van der Waals surface area (Å²) in [5.74, 6) is -0.234. The number of benzene rings is 1. The third-order valence-corrected chi connectivity index (χ3v) is 4.02. The van der Waals surface area contributed by atoms with E-state index in [1.807, 2.05) is 50.3 Å². The van der Waals surface area contributed by atoms with Gasteiger partial charge >= 0.3 is 0 Å². The van der Waals surface area contributed by atoms with Crippen molar-refractivity contribution in [3.05, 3.63) is 53.6 Å². The normalized spacial score (nSPS) is 21.2. The minimum atomic E-state index is -0.992. The number of amides is 1. The van der Waals surface area contributed by atoms with E-state index in [4.69, 9.17) is 12.2 Å². The van der Waals surface area contributed by atoms with Gasteiger partial charge < -0.3 is 10.0 Å². The Bertz CT molecular complexity index is 610. The fraction of sp³-hybridized carbons (Fsp3) is 0.294. The van der Waals surface area contributed by atoms with E-state index in [2.05, 4.69) is 0 Å². The number of hydrogen-bond donors (Lipinski definition) is 1. The lowest BCUT2D eigenvalue weighted by atomic mass is 10.1. The van der Waals surface area contributed by atoms with Gasteiger partial charge in [0.05, 0.1) is 5.57 Å². The molecule has 1 aromatic rings. The number of thiocarbonyl (C=S) groups is 1. The first kappa shape index (κ1) is 16.4. The molecule has 5 heteroatoms. The third kappa shape index (κ3) is 3.26. The van der Waals surface area contributed by atoms with Crippen LogP contribution in [0.5, 0.6) is 0 Å². The topological polar surface area (TPSA) is 43.8 Å². The van der Waals surface area contributed by atoms with Crippen molar-refractivity contribution in [2.75, 3.05) is 13.1 Å². The molecular weight excluding hydrogens is 296 g/mol. The van der Waals surface area contributed by atoms with Gasteiger partial charge in [-0.1, -0.05) is 42.5 Å². The fourth-order valence-electron chi connectivity index (χ4n) is 2.35. The molecule has 1 aliphatic heterocycles. The van der Waals surface area contributed by atoms with Gasteiger partial charge in [0.25, 0.3) is 5.91 Å². The number of aliphatic hydroxyl groups is 1. The second-order valence-electron chi connectivity index (χ2n) is 4.88. The number of allylic oxidation sites excluding steroid dienone is 2. The lowest BCUT2D eigenvalue weighted by molar-refractivity contribution is -0.128. The zero-order chi connectivity index (χ0) is 16.1. The van der Waals surface area contributed by atoms with E-state index < -0.39 is 6.23 Å². The van der Waals surface area contributed by atoms with Crippen LogP contribution in [0.4, 0.5) is 0 Å². The minimum Gasteiger partial charge on any atom is -0.369 e. The molecule has 1 heterocycles. The molecule has 1 atom stereocenters. The highest BCUT2D eigenvalue weighted by Gasteiger charge is 2.37. The molecule has 0 aromatic heterocycles. The SMILES string of the molecule is CCN1C(=O)/C(=C/C=C/c2ccccc2)C(O)N(CC)C1=S. The van der Waals surface area contributed by atoms with E-state index in [-0.39, 0.29) is 5.91 Å². The van der Waals surface area contributed by atoms with E-state index in [1.54, 1.807) is 17.1 Å². The first-order valence-electron chi connectivity index (χ1n) is 7.34. The first-order chi connectivity index (χ1) is 10.6. The summed E-state index contributed by atoms with van der Waals surface area (Å²) >= 11 is 5.27. The van der Waals surface area contributed by atoms with Crippen molar-refractivity contribution in [1.29, 1.82) is 0 Å². The van der Waals surface area contributed by atoms with E-state index in [0.717, 1.165) is 5.56 Å². The molecule has 1 aliphatic rings. The summed E-state index contributed by atoms with van der Waals surface area (Å²) < 4.78 is 0. The maximum absolute atomic E-state index is 12.4. The van der Waals surface area contributed by atoms with Crippen molar-refractivity contribution >= 4 is 29.3 Å². The Morgan fingerprint density at radius 2 is 1.91 bits per heavy atom. The molecule has 0 bridgehead atoms. The average molecular weight is 316 g/mol. The molecule has 0 spiro atoms. The Morgan fingerprint density at radius 3 is 2.50 bits per heavy atom. The maximum atomic E-state index is 12.4. The quantitative estimate of drug-likeness (QED) is 0.684. The first-order valence-corrected chi connectivity index (χ1v) is 7.74. The summed E-state index contributed by atoms with van der Waals surface area (Å²) in [6, 6.07) is 9.79. The van der Waals surface area contributed by atoms with Crippen LogP contribution < -0.4 is 0 Å². The summed E-state index contributed by atoms with van der Waals surface area (Å²) in [5, 5.41) is 10.7. The number of carbonyl (C=O) groups excluding carboxylic acids is 1. The van der Waals surface area contributed by atoms with Gasteiger partial charge in [-0.2, -0.15) is 0 Å². The second kappa shape index (κ2) is 7.33. The van der Waals surface area contributed by atoms with Crippen LogP contribution in [-0.2, 0) is 4.79 Å². The molecule has 1 unspecified atom stereocenters. The summed E-state index contributed by atoms with van der Waals surface area (Å²) in [7, 11) is 0. The molecule has 0 radical (unpaired) electrons. The molecular formula is C17H20N2O2S. The van der Waals surface area contributed by atoms with Gasteiger partial charge in [-0.05, 0) is 37.7 Å². The van der Waals surface area contributed by atoms with Crippen LogP contribution in [0.15, 0.2) is 48.1 Å². The second-order valence-corrected chi connectivity index (χ2v) is 5.25. The monoisotopic (exact) mass is 316 g/mol. The Kier molecular flexibility index (Phi) is 5.46. The molecule has 1 fully saturated rings. The molecule has 1 aromatic carbocycles. The number of likely N-dealkylation sites (N-methyl/N-ethyl adjacent to an activating group) is 2.